The first-order chi connectivity index (χ1) is 13.5. The van der Waals surface area contributed by atoms with Crippen molar-refractivity contribution in [1.29, 1.82) is 0 Å². The van der Waals surface area contributed by atoms with Crippen LogP contribution in [0.5, 0.6) is 0 Å². The number of nitrogens with one attached hydrogen (secondary N) is 1. The Bertz CT molecular complexity index is 1100. The van der Waals surface area contributed by atoms with Crippen LogP contribution in [0.25, 0.3) is 22.3 Å². The lowest BCUT2D eigenvalue weighted by molar-refractivity contribution is 0.531. The first-order valence-corrected chi connectivity index (χ1v) is 10.6. The number of benzene rings is 2. The number of rotatable bonds is 4. The van der Waals surface area contributed by atoms with Crippen LogP contribution in [0.2, 0.25) is 0 Å². The minimum absolute atomic E-state index is 0.177. The van der Waals surface area contributed by atoms with E-state index in [-0.39, 0.29) is 17.4 Å². The average Bonchev–Trinajstić information content (AvgIpc) is 2.64. The Morgan fingerprint density at radius 2 is 1.83 bits per heavy atom. The molecule has 2 aromatic carbocycles. The summed E-state index contributed by atoms with van der Waals surface area (Å²) in [6.07, 6.45) is 0. The van der Waals surface area contributed by atoms with E-state index in [2.05, 4.69) is 4.72 Å². The van der Waals surface area contributed by atoms with Gasteiger partial charge in [0.15, 0.2) is 0 Å². The quantitative estimate of drug-likeness (QED) is 0.650. The number of hydrogen-bond donors (Lipinski definition) is 1. The molecule has 7 heteroatoms. The van der Waals surface area contributed by atoms with E-state index in [1.807, 2.05) is 46.8 Å². The number of fused-ring (bicyclic) bond motifs is 1. The molecule has 0 saturated heterocycles. The summed E-state index contributed by atoms with van der Waals surface area (Å²) in [6.45, 7) is 9.53. The minimum Gasteiger partial charge on any atom is -0.598 e. The van der Waals surface area contributed by atoms with Gasteiger partial charge in [-0.05, 0) is 70.5 Å². The largest absolute Gasteiger partial charge is 0.598 e. The van der Waals surface area contributed by atoms with Gasteiger partial charge in [-0.1, -0.05) is 6.07 Å². The van der Waals surface area contributed by atoms with Gasteiger partial charge in [0.2, 0.25) is 0 Å². The molecule has 1 heterocycles. The fraction of sp³-hybridized carbons (Fsp3) is 0.364. The maximum absolute atomic E-state index is 13.3. The van der Waals surface area contributed by atoms with Crippen LogP contribution in [-0.4, -0.2) is 18.9 Å². The molecule has 0 fully saturated rings. The van der Waals surface area contributed by atoms with Crippen LogP contribution >= 0.6 is 0 Å². The van der Waals surface area contributed by atoms with Crippen molar-refractivity contribution < 1.29 is 8.94 Å². The maximum atomic E-state index is 13.3. The first-order valence-electron chi connectivity index (χ1n) is 9.44. The predicted octanol–water partition coefficient (Wildman–Crippen LogP) is 4.16. The van der Waals surface area contributed by atoms with Crippen molar-refractivity contribution in [2.75, 3.05) is 0 Å². The van der Waals surface area contributed by atoms with Gasteiger partial charge < -0.3 is 4.55 Å². The topological polar surface area (TPSA) is 70.0 Å². The second-order valence-corrected chi connectivity index (χ2v) is 10.3. The van der Waals surface area contributed by atoms with Crippen molar-refractivity contribution in [3.05, 3.63) is 63.7 Å². The van der Waals surface area contributed by atoms with E-state index in [1.54, 1.807) is 19.2 Å². The summed E-state index contributed by atoms with van der Waals surface area (Å²) in [6, 6.07) is 9.39. The molecule has 2 atom stereocenters. The molecule has 0 aliphatic heterocycles. The molecule has 0 aliphatic carbocycles. The van der Waals surface area contributed by atoms with Gasteiger partial charge in [-0.2, -0.15) is 0 Å². The summed E-state index contributed by atoms with van der Waals surface area (Å²) in [5.74, 6) is 0.107. The Morgan fingerprint density at radius 3 is 2.41 bits per heavy atom. The highest BCUT2D eigenvalue weighted by Crippen LogP contribution is 2.27. The second-order valence-electron chi connectivity index (χ2n) is 8.28. The van der Waals surface area contributed by atoms with Crippen molar-refractivity contribution in [1.82, 2.24) is 14.3 Å². The van der Waals surface area contributed by atoms with Gasteiger partial charge in [0, 0.05) is 29.5 Å². The highest BCUT2D eigenvalue weighted by Gasteiger charge is 2.29. The van der Waals surface area contributed by atoms with E-state index in [0.29, 0.717) is 22.3 Å². The molecular formula is C22H26FN3O2S. The molecular weight excluding hydrogens is 389 g/mol. The first kappa shape index (κ1) is 21.5. The Morgan fingerprint density at radius 1 is 1.21 bits per heavy atom. The molecule has 3 aromatic rings. The molecule has 154 valence electrons. The van der Waals surface area contributed by atoms with Crippen LogP contribution in [0.15, 0.2) is 41.2 Å². The summed E-state index contributed by atoms with van der Waals surface area (Å²) in [7, 11) is 1.66. The Balaban J connectivity index is 2.20. The summed E-state index contributed by atoms with van der Waals surface area (Å²) in [5.41, 5.74) is 2.76. The third kappa shape index (κ3) is 4.37. The molecule has 1 aromatic heterocycles. The zero-order chi connectivity index (χ0) is 21.5. The van der Waals surface area contributed by atoms with Crippen molar-refractivity contribution in [3.8, 4) is 11.4 Å². The summed E-state index contributed by atoms with van der Waals surface area (Å²) in [5, 5.41) is 0.503. The van der Waals surface area contributed by atoms with Gasteiger partial charge in [-0.3, -0.25) is 9.36 Å². The van der Waals surface area contributed by atoms with E-state index in [0.717, 1.165) is 11.1 Å². The molecule has 0 spiro atoms. The van der Waals surface area contributed by atoms with Crippen LogP contribution in [0.1, 0.15) is 44.9 Å². The summed E-state index contributed by atoms with van der Waals surface area (Å²) >= 11 is -1.27. The van der Waals surface area contributed by atoms with Gasteiger partial charge in [-0.25, -0.2) is 9.37 Å². The Kier molecular flexibility index (Phi) is 5.85. The maximum Gasteiger partial charge on any atom is 0.261 e. The van der Waals surface area contributed by atoms with Gasteiger partial charge >= 0.3 is 0 Å². The van der Waals surface area contributed by atoms with Crippen molar-refractivity contribution in [3.63, 3.8) is 0 Å². The third-order valence-corrected chi connectivity index (χ3v) is 6.44. The zero-order valence-electron chi connectivity index (χ0n) is 17.5. The number of nitrogens with zero attached hydrogens (tertiary/aromatic N) is 2. The van der Waals surface area contributed by atoms with Crippen LogP contribution in [0, 0.1) is 12.7 Å². The lowest BCUT2D eigenvalue weighted by Crippen LogP contribution is -2.40. The minimum atomic E-state index is -1.27. The van der Waals surface area contributed by atoms with E-state index < -0.39 is 16.1 Å². The van der Waals surface area contributed by atoms with Gasteiger partial charge in [0.25, 0.3) is 5.56 Å². The number of aryl methyl sites for hydroxylation is 1. The van der Waals surface area contributed by atoms with Crippen LogP contribution in [0.3, 0.4) is 0 Å². The van der Waals surface area contributed by atoms with E-state index in [9.17, 15) is 13.7 Å². The van der Waals surface area contributed by atoms with Gasteiger partial charge in [0.05, 0.1) is 16.9 Å². The average molecular weight is 416 g/mol. The molecule has 0 amide bonds. The fourth-order valence-corrected chi connectivity index (χ4v) is 3.94. The fourth-order valence-electron chi connectivity index (χ4n) is 3.14. The lowest BCUT2D eigenvalue weighted by atomic mass is 10.0. The third-order valence-electron chi connectivity index (χ3n) is 4.76. The summed E-state index contributed by atoms with van der Waals surface area (Å²) < 4.78 is 30.1. The molecule has 5 nitrogen and oxygen atoms in total. The summed E-state index contributed by atoms with van der Waals surface area (Å²) in [4.78, 5) is 17.8. The molecule has 3 rings (SSSR count). The SMILES string of the molecule is Cc1cc([C@@H](C)N[S@+]([O-])C(C)(C)C)c2nc(-c3ccc(F)cc3)n(C)c(=O)c2c1. The van der Waals surface area contributed by atoms with Crippen LogP contribution in [-0.2, 0) is 18.4 Å². The number of aromatic nitrogens is 2. The van der Waals surface area contributed by atoms with E-state index >= 15 is 0 Å². The molecule has 0 bridgehead atoms. The van der Waals surface area contributed by atoms with Gasteiger partial charge in [0.1, 0.15) is 16.4 Å². The lowest BCUT2D eigenvalue weighted by Gasteiger charge is -2.27. The van der Waals surface area contributed by atoms with Crippen molar-refractivity contribution >= 4 is 22.3 Å². The Hall–Kier alpha value is -2.22. The van der Waals surface area contributed by atoms with Crippen molar-refractivity contribution in [2.24, 2.45) is 7.05 Å². The number of halogens is 1. The highest BCUT2D eigenvalue weighted by atomic mass is 32.2. The number of hydrogen-bond acceptors (Lipinski definition) is 4. The van der Waals surface area contributed by atoms with Crippen molar-refractivity contribution in [2.45, 2.75) is 45.4 Å². The monoisotopic (exact) mass is 415 g/mol. The second kappa shape index (κ2) is 7.89. The zero-order valence-corrected chi connectivity index (χ0v) is 18.4. The molecule has 0 unspecified atom stereocenters. The van der Waals surface area contributed by atoms with Gasteiger partial charge in [-0.15, -0.1) is 4.72 Å². The predicted molar refractivity (Wildman–Crippen MR) is 117 cm³/mol. The van der Waals surface area contributed by atoms with E-state index in [1.165, 1.54) is 16.7 Å². The standard InChI is InChI=1S/C22H26FN3O2S/c1-13-11-17(14(2)25-29(28)22(3,4)5)19-18(12-13)21(27)26(6)20(24-19)15-7-9-16(23)10-8-15/h7-12,14,25H,1-6H3/t14-,29-/m1/s1. The van der Waals surface area contributed by atoms with Crippen LogP contribution < -0.4 is 10.3 Å². The molecule has 0 aliphatic rings. The van der Waals surface area contributed by atoms with Crippen LogP contribution in [0.4, 0.5) is 4.39 Å². The van der Waals surface area contributed by atoms with E-state index in [4.69, 9.17) is 4.98 Å². The smallest absolute Gasteiger partial charge is 0.261 e. The molecule has 0 saturated carbocycles. The normalized spacial score (nSPS) is 14.2. The highest BCUT2D eigenvalue weighted by molar-refractivity contribution is 7.90. The molecule has 29 heavy (non-hydrogen) atoms. The Labute approximate surface area is 173 Å². The molecule has 1 N–H and O–H groups in total. The molecule has 0 radical (unpaired) electrons.